The van der Waals surface area contributed by atoms with Crippen LogP contribution in [0.1, 0.15) is 12.7 Å². The van der Waals surface area contributed by atoms with Gasteiger partial charge in [-0.05, 0) is 29.5 Å². The molecular weight excluding hydrogens is 334 g/mol. The molecule has 0 spiro atoms. The molecule has 0 radical (unpaired) electrons. The van der Waals surface area contributed by atoms with Gasteiger partial charge in [-0.15, -0.1) is 5.10 Å². The second kappa shape index (κ2) is 8.21. The van der Waals surface area contributed by atoms with E-state index >= 15 is 0 Å². The number of benzene rings is 1. The summed E-state index contributed by atoms with van der Waals surface area (Å²) in [6.45, 7) is 2.24. The Balaban J connectivity index is 2.00. The Kier molecular flexibility index (Phi) is 5.55. The fourth-order valence-electron chi connectivity index (χ4n) is 2.44. The number of amides is 1. The highest BCUT2D eigenvalue weighted by atomic mass is 16.5. The Labute approximate surface area is 150 Å². The normalized spacial score (nSPS) is 12.8. The van der Waals surface area contributed by atoms with Crippen LogP contribution in [0.5, 0.6) is 0 Å². The SMILES string of the molecule is COCC(C)NC(=O)/C(=C\c1ccco1)n1nnnc1-c1ccccc1. The van der Waals surface area contributed by atoms with Gasteiger partial charge in [0.1, 0.15) is 11.5 Å². The third-order valence-electron chi connectivity index (χ3n) is 3.58. The van der Waals surface area contributed by atoms with Gasteiger partial charge in [0.05, 0.1) is 12.9 Å². The lowest BCUT2D eigenvalue weighted by molar-refractivity contribution is -0.116. The lowest BCUT2D eigenvalue weighted by Crippen LogP contribution is -2.37. The van der Waals surface area contributed by atoms with E-state index in [0.29, 0.717) is 18.2 Å². The van der Waals surface area contributed by atoms with Gasteiger partial charge in [-0.1, -0.05) is 30.3 Å². The van der Waals surface area contributed by atoms with Crippen molar-refractivity contribution in [2.45, 2.75) is 13.0 Å². The van der Waals surface area contributed by atoms with Crippen LogP contribution >= 0.6 is 0 Å². The zero-order chi connectivity index (χ0) is 18.4. The highest BCUT2D eigenvalue weighted by Crippen LogP contribution is 2.20. The number of carbonyl (C=O) groups is 1. The topological polar surface area (TPSA) is 95.1 Å². The number of nitrogens with zero attached hydrogens (tertiary/aromatic N) is 4. The molecule has 1 atom stereocenters. The van der Waals surface area contributed by atoms with Crippen molar-refractivity contribution in [1.29, 1.82) is 0 Å². The molecule has 1 N–H and O–H groups in total. The summed E-state index contributed by atoms with van der Waals surface area (Å²) in [5.41, 5.74) is 1.03. The number of methoxy groups -OCH3 is 1. The van der Waals surface area contributed by atoms with Gasteiger partial charge >= 0.3 is 0 Å². The zero-order valence-corrected chi connectivity index (χ0v) is 14.5. The van der Waals surface area contributed by atoms with Crippen molar-refractivity contribution in [3.63, 3.8) is 0 Å². The van der Waals surface area contributed by atoms with Crippen LogP contribution in [-0.2, 0) is 9.53 Å². The first-order valence-corrected chi connectivity index (χ1v) is 8.08. The number of hydrogen-bond acceptors (Lipinski definition) is 6. The van der Waals surface area contributed by atoms with Gasteiger partial charge in [0.15, 0.2) is 5.82 Å². The maximum atomic E-state index is 12.8. The smallest absolute Gasteiger partial charge is 0.270 e. The molecule has 3 rings (SSSR count). The van der Waals surface area contributed by atoms with E-state index < -0.39 is 0 Å². The molecule has 0 bridgehead atoms. The summed E-state index contributed by atoms with van der Waals surface area (Å²) in [7, 11) is 1.58. The molecule has 0 aliphatic rings. The Morgan fingerprint density at radius 1 is 1.31 bits per heavy atom. The van der Waals surface area contributed by atoms with Crippen molar-refractivity contribution in [2.75, 3.05) is 13.7 Å². The van der Waals surface area contributed by atoms with Crippen LogP contribution in [0.25, 0.3) is 23.2 Å². The molecule has 0 aliphatic carbocycles. The van der Waals surface area contributed by atoms with Gasteiger partial charge in [-0.3, -0.25) is 4.79 Å². The molecule has 8 heteroatoms. The highest BCUT2D eigenvalue weighted by molar-refractivity contribution is 6.18. The number of furan rings is 1. The Hall–Kier alpha value is -3.26. The molecule has 26 heavy (non-hydrogen) atoms. The molecule has 0 saturated carbocycles. The van der Waals surface area contributed by atoms with Crippen LogP contribution in [-0.4, -0.2) is 45.9 Å². The van der Waals surface area contributed by atoms with Crippen LogP contribution in [0.15, 0.2) is 53.1 Å². The minimum absolute atomic E-state index is 0.177. The number of nitrogens with one attached hydrogen (secondary N) is 1. The first-order chi connectivity index (χ1) is 12.7. The standard InChI is InChI=1S/C18H19N5O3/c1-13(12-25-2)19-18(24)16(11-15-9-6-10-26-15)23-17(20-21-22-23)14-7-4-3-5-8-14/h3-11,13H,12H2,1-2H3,(H,19,24)/b16-11+. The van der Waals surface area contributed by atoms with Gasteiger partial charge in [-0.2, -0.15) is 4.68 Å². The molecule has 0 aliphatic heterocycles. The molecule has 0 saturated heterocycles. The predicted molar refractivity (Wildman–Crippen MR) is 95.6 cm³/mol. The number of hydrogen-bond donors (Lipinski definition) is 1. The van der Waals surface area contributed by atoms with Crippen molar-refractivity contribution >= 4 is 17.7 Å². The molecule has 1 amide bonds. The molecule has 1 unspecified atom stereocenters. The van der Waals surface area contributed by atoms with E-state index in [0.717, 1.165) is 5.56 Å². The molecular formula is C18H19N5O3. The monoisotopic (exact) mass is 353 g/mol. The summed E-state index contributed by atoms with van der Waals surface area (Å²) in [6.07, 6.45) is 3.13. The van der Waals surface area contributed by atoms with E-state index in [-0.39, 0.29) is 17.6 Å². The average molecular weight is 353 g/mol. The van der Waals surface area contributed by atoms with E-state index in [1.807, 2.05) is 37.3 Å². The molecule has 8 nitrogen and oxygen atoms in total. The van der Waals surface area contributed by atoms with Crippen molar-refractivity contribution in [2.24, 2.45) is 0 Å². The summed E-state index contributed by atoms with van der Waals surface area (Å²) in [5, 5.41) is 14.7. The van der Waals surface area contributed by atoms with Crippen LogP contribution in [0.4, 0.5) is 0 Å². The fourth-order valence-corrected chi connectivity index (χ4v) is 2.44. The number of rotatable bonds is 7. The van der Waals surface area contributed by atoms with E-state index in [9.17, 15) is 4.79 Å². The van der Waals surface area contributed by atoms with E-state index in [4.69, 9.17) is 9.15 Å². The summed E-state index contributed by atoms with van der Waals surface area (Å²) < 4.78 is 11.8. The molecule has 2 heterocycles. The number of tetrazole rings is 1. The van der Waals surface area contributed by atoms with Crippen molar-refractivity contribution in [3.05, 3.63) is 54.5 Å². The largest absolute Gasteiger partial charge is 0.465 e. The minimum Gasteiger partial charge on any atom is -0.465 e. The van der Waals surface area contributed by atoms with Crippen molar-refractivity contribution in [1.82, 2.24) is 25.5 Å². The molecule has 2 aromatic heterocycles. The minimum atomic E-state index is -0.338. The van der Waals surface area contributed by atoms with Gasteiger partial charge in [-0.25, -0.2) is 0 Å². The Morgan fingerprint density at radius 2 is 2.12 bits per heavy atom. The van der Waals surface area contributed by atoms with Crippen molar-refractivity contribution < 1.29 is 13.9 Å². The van der Waals surface area contributed by atoms with Crippen molar-refractivity contribution in [3.8, 4) is 11.4 Å². The van der Waals surface area contributed by atoms with E-state index in [2.05, 4.69) is 20.8 Å². The zero-order valence-electron chi connectivity index (χ0n) is 14.5. The van der Waals surface area contributed by atoms with E-state index in [1.54, 1.807) is 25.3 Å². The quantitative estimate of drug-likeness (QED) is 0.654. The maximum Gasteiger partial charge on any atom is 0.270 e. The fraction of sp³-hybridized carbons (Fsp3) is 0.222. The Bertz CT molecular complexity index is 871. The van der Waals surface area contributed by atoms with Crippen LogP contribution in [0.2, 0.25) is 0 Å². The number of aromatic nitrogens is 4. The predicted octanol–water partition coefficient (Wildman–Crippen LogP) is 2.08. The van der Waals surface area contributed by atoms with E-state index in [1.165, 1.54) is 10.9 Å². The number of ether oxygens (including phenoxy) is 1. The molecule has 1 aromatic carbocycles. The summed E-state index contributed by atoms with van der Waals surface area (Å²) in [6, 6.07) is 12.7. The first kappa shape index (κ1) is 17.6. The highest BCUT2D eigenvalue weighted by Gasteiger charge is 2.21. The lowest BCUT2D eigenvalue weighted by Gasteiger charge is -2.15. The lowest BCUT2D eigenvalue weighted by atomic mass is 10.2. The molecule has 3 aromatic rings. The molecule has 134 valence electrons. The third kappa shape index (κ3) is 4.04. The van der Waals surface area contributed by atoms with Crippen LogP contribution in [0.3, 0.4) is 0 Å². The second-order valence-corrected chi connectivity index (χ2v) is 5.66. The summed E-state index contributed by atoms with van der Waals surface area (Å²) in [4.78, 5) is 12.8. The maximum absolute atomic E-state index is 12.8. The Morgan fingerprint density at radius 3 is 2.81 bits per heavy atom. The van der Waals surface area contributed by atoms with Gasteiger partial charge in [0.2, 0.25) is 0 Å². The average Bonchev–Trinajstić information content (AvgIpc) is 3.32. The second-order valence-electron chi connectivity index (χ2n) is 5.66. The third-order valence-corrected chi connectivity index (χ3v) is 3.58. The van der Waals surface area contributed by atoms with Gasteiger partial charge in [0, 0.05) is 24.8 Å². The first-order valence-electron chi connectivity index (χ1n) is 8.08. The van der Waals surface area contributed by atoms with Gasteiger partial charge < -0.3 is 14.5 Å². The molecule has 0 fully saturated rings. The summed E-state index contributed by atoms with van der Waals surface area (Å²) >= 11 is 0. The summed E-state index contributed by atoms with van der Waals surface area (Å²) in [5.74, 6) is 0.637. The van der Waals surface area contributed by atoms with Crippen LogP contribution < -0.4 is 5.32 Å². The number of carbonyl (C=O) groups excluding carboxylic acids is 1. The van der Waals surface area contributed by atoms with Gasteiger partial charge in [0.25, 0.3) is 5.91 Å². The van der Waals surface area contributed by atoms with Crippen LogP contribution in [0, 0.1) is 0 Å².